The summed E-state index contributed by atoms with van der Waals surface area (Å²) in [5.41, 5.74) is 1.89. The van der Waals surface area contributed by atoms with Crippen molar-refractivity contribution in [2.24, 2.45) is 0 Å². The zero-order valence-corrected chi connectivity index (χ0v) is 15.5. The minimum atomic E-state index is -0.202. The predicted molar refractivity (Wildman–Crippen MR) is 103 cm³/mol. The van der Waals surface area contributed by atoms with E-state index in [0.29, 0.717) is 13.0 Å². The normalized spacial score (nSPS) is 13.3. The van der Waals surface area contributed by atoms with E-state index >= 15 is 0 Å². The van der Waals surface area contributed by atoms with E-state index in [9.17, 15) is 4.79 Å². The van der Waals surface area contributed by atoms with E-state index in [1.807, 2.05) is 56.3 Å². The molecule has 4 nitrogen and oxygen atoms in total. The van der Waals surface area contributed by atoms with Crippen LogP contribution in [0.4, 0.5) is 0 Å². The quantitative estimate of drug-likeness (QED) is 0.636. The van der Waals surface area contributed by atoms with Crippen molar-refractivity contribution < 1.29 is 13.9 Å². The van der Waals surface area contributed by atoms with Crippen molar-refractivity contribution in [1.29, 1.82) is 0 Å². The van der Waals surface area contributed by atoms with Gasteiger partial charge in [-0.15, -0.1) is 0 Å². The summed E-state index contributed by atoms with van der Waals surface area (Å²) in [6.07, 6.45) is 0.443. The zero-order valence-electron chi connectivity index (χ0n) is 15.5. The molecule has 1 aromatic heterocycles. The highest BCUT2D eigenvalue weighted by atomic mass is 16.5. The molecule has 0 bridgehead atoms. The molecule has 0 aliphatic rings. The van der Waals surface area contributed by atoms with Gasteiger partial charge in [-0.25, -0.2) is 0 Å². The van der Waals surface area contributed by atoms with E-state index in [-0.39, 0.29) is 17.9 Å². The van der Waals surface area contributed by atoms with Crippen LogP contribution < -0.4 is 10.1 Å². The Balaban J connectivity index is 1.67. The molecule has 1 amide bonds. The number of hydrogen-bond donors (Lipinski definition) is 1. The molecule has 26 heavy (non-hydrogen) atoms. The number of nitrogens with one attached hydrogen (secondary N) is 1. The van der Waals surface area contributed by atoms with Crippen molar-refractivity contribution in [3.63, 3.8) is 0 Å². The molecular formula is C22H25NO3. The van der Waals surface area contributed by atoms with Crippen LogP contribution in [-0.2, 0) is 4.79 Å². The summed E-state index contributed by atoms with van der Waals surface area (Å²) in [7, 11) is 0. The van der Waals surface area contributed by atoms with Crippen LogP contribution in [0.5, 0.6) is 5.75 Å². The number of fused-ring (bicyclic) bond motifs is 1. The van der Waals surface area contributed by atoms with Gasteiger partial charge >= 0.3 is 0 Å². The molecule has 0 saturated heterocycles. The number of furan rings is 1. The van der Waals surface area contributed by atoms with Gasteiger partial charge in [0, 0.05) is 11.8 Å². The summed E-state index contributed by atoms with van der Waals surface area (Å²) in [6.45, 7) is 6.52. The number of ether oxygens (including phenoxy) is 1. The molecule has 0 aliphatic carbocycles. The highest BCUT2D eigenvalue weighted by Gasteiger charge is 2.18. The Morgan fingerprint density at radius 1 is 1.12 bits per heavy atom. The van der Waals surface area contributed by atoms with Gasteiger partial charge in [0.05, 0.1) is 12.6 Å². The summed E-state index contributed by atoms with van der Waals surface area (Å²) in [4.78, 5) is 12.4. The third-order valence-corrected chi connectivity index (χ3v) is 4.49. The SMILES string of the molecule is CCOc1cccc2cc(C(C)NC(=O)CC(C)c3ccccc3)oc12. The molecule has 1 N–H and O–H groups in total. The van der Waals surface area contributed by atoms with E-state index in [0.717, 1.165) is 22.5 Å². The number of amides is 1. The van der Waals surface area contributed by atoms with E-state index in [1.54, 1.807) is 0 Å². The minimum Gasteiger partial charge on any atom is -0.490 e. The lowest BCUT2D eigenvalue weighted by Gasteiger charge is -2.15. The Bertz CT molecular complexity index is 869. The van der Waals surface area contributed by atoms with Gasteiger partial charge in [-0.3, -0.25) is 4.79 Å². The van der Waals surface area contributed by atoms with Crippen LogP contribution in [0.2, 0.25) is 0 Å². The first-order chi connectivity index (χ1) is 12.6. The van der Waals surface area contributed by atoms with Gasteiger partial charge < -0.3 is 14.5 Å². The van der Waals surface area contributed by atoms with E-state index < -0.39 is 0 Å². The molecule has 2 atom stereocenters. The maximum atomic E-state index is 12.4. The third kappa shape index (κ3) is 4.07. The van der Waals surface area contributed by atoms with Gasteiger partial charge in [-0.2, -0.15) is 0 Å². The lowest BCUT2D eigenvalue weighted by molar-refractivity contribution is -0.122. The first-order valence-corrected chi connectivity index (χ1v) is 9.08. The molecule has 0 fully saturated rings. The zero-order chi connectivity index (χ0) is 18.5. The predicted octanol–water partition coefficient (Wildman–Crippen LogP) is 5.20. The first-order valence-electron chi connectivity index (χ1n) is 9.08. The molecule has 0 radical (unpaired) electrons. The molecule has 0 saturated carbocycles. The number of carbonyl (C=O) groups is 1. The molecule has 2 aromatic carbocycles. The van der Waals surface area contributed by atoms with Crippen LogP contribution in [0.3, 0.4) is 0 Å². The van der Waals surface area contributed by atoms with Crippen molar-refractivity contribution in [2.75, 3.05) is 6.61 Å². The van der Waals surface area contributed by atoms with Crippen molar-refractivity contribution in [2.45, 2.75) is 39.2 Å². The highest BCUT2D eigenvalue weighted by molar-refractivity contribution is 5.84. The number of carbonyl (C=O) groups excluding carboxylic acids is 1. The summed E-state index contributed by atoms with van der Waals surface area (Å²) in [5.74, 6) is 1.64. The summed E-state index contributed by atoms with van der Waals surface area (Å²) in [6, 6.07) is 17.7. The monoisotopic (exact) mass is 351 g/mol. The van der Waals surface area contributed by atoms with E-state index in [1.165, 1.54) is 5.56 Å². The second-order valence-electron chi connectivity index (χ2n) is 6.56. The summed E-state index contributed by atoms with van der Waals surface area (Å²) >= 11 is 0. The maximum Gasteiger partial charge on any atom is 0.221 e. The molecule has 3 rings (SSSR count). The molecule has 2 unspecified atom stereocenters. The fourth-order valence-electron chi connectivity index (χ4n) is 3.09. The van der Waals surface area contributed by atoms with Crippen molar-refractivity contribution in [1.82, 2.24) is 5.32 Å². The fourth-order valence-corrected chi connectivity index (χ4v) is 3.09. The molecule has 1 heterocycles. The second kappa shape index (κ2) is 8.09. The van der Waals surface area contributed by atoms with Crippen molar-refractivity contribution >= 4 is 16.9 Å². The van der Waals surface area contributed by atoms with Crippen LogP contribution in [0, 0.1) is 0 Å². The fraction of sp³-hybridized carbons (Fsp3) is 0.318. The lowest BCUT2D eigenvalue weighted by Crippen LogP contribution is -2.27. The molecule has 0 aliphatic heterocycles. The summed E-state index contributed by atoms with van der Waals surface area (Å²) < 4.78 is 11.6. The van der Waals surface area contributed by atoms with Gasteiger partial charge in [0.15, 0.2) is 11.3 Å². The van der Waals surface area contributed by atoms with Crippen molar-refractivity contribution in [3.05, 3.63) is 65.9 Å². The van der Waals surface area contributed by atoms with Crippen LogP contribution in [0.15, 0.2) is 59.0 Å². The molecule has 136 valence electrons. The molecular weight excluding hydrogens is 326 g/mol. The Labute approximate surface area is 154 Å². The molecule has 4 heteroatoms. The molecule has 0 spiro atoms. The van der Waals surface area contributed by atoms with Crippen molar-refractivity contribution in [3.8, 4) is 5.75 Å². The van der Waals surface area contributed by atoms with Gasteiger partial charge in [-0.05, 0) is 37.5 Å². The van der Waals surface area contributed by atoms with Gasteiger partial charge in [-0.1, -0.05) is 49.4 Å². The van der Waals surface area contributed by atoms with Gasteiger partial charge in [0.2, 0.25) is 5.91 Å². The van der Waals surface area contributed by atoms with Crippen LogP contribution in [0.25, 0.3) is 11.0 Å². The largest absolute Gasteiger partial charge is 0.490 e. The topological polar surface area (TPSA) is 51.5 Å². The smallest absolute Gasteiger partial charge is 0.221 e. The number of rotatable bonds is 7. The van der Waals surface area contributed by atoms with Gasteiger partial charge in [0.1, 0.15) is 5.76 Å². The average Bonchev–Trinajstić information content (AvgIpc) is 3.08. The number of para-hydroxylation sites is 1. The Morgan fingerprint density at radius 3 is 2.62 bits per heavy atom. The van der Waals surface area contributed by atoms with Crippen LogP contribution in [0.1, 0.15) is 50.5 Å². The second-order valence-corrected chi connectivity index (χ2v) is 6.56. The van der Waals surface area contributed by atoms with Crippen LogP contribution in [-0.4, -0.2) is 12.5 Å². The average molecular weight is 351 g/mol. The Kier molecular flexibility index (Phi) is 5.61. The van der Waals surface area contributed by atoms with Gasteiger partial charge in [0.25, 0.3) is 0 Å². The lowest BCUT2D eigenvalue weighted by atomic mass is 9.97. The number of benzene rings is 2. The highest BCUT2D eigenvalue weighted by Crippen LogP contribution is 2.31. The van der Waals surface area contributed by atoms with E-state index in [2.05, 4.69) is 24.4 Å². The Hall–Kier alpha value is -2.75. The maximum absolute atomic E-state index is 12.4. The van der Waals surface area contributed by atoms with Crippen LogP contribution >= 0.6 is 0 Å². The molecule has 3 aromatic rings. The Morgan fingerprint density at radius 2 is 1.88 bits per heavy atom. The number of hydrogen-bond acceptors (Lipinski definition) is 3. The van der Waals surface area contributed by atoms with E-state index in [4.69, 9.17) is 9.15 Å². The summed E-state index contributed by atoms with van der Waals surface area (Å²) in [5, 5.41) is 4.01. The minimum absolute atomic E-state index is 0.0133. The third-order valence-electron chi connectivity index (χ3n) is 4.49. The standard InChI is InChI=1S/C22H25NO3/c1-4-25-19-12-8-11-18-14-20(26-22(18)19)16(3)23-21(24)13-15(2)17-9-6-5-7-10-17/h5-12,14-16H,4,13H2,1-3H3,(H,23,24). The first kappa shape index (κ1) is 18.1.